The predicted octanol–water partition coefficient (Wildman–Crippen LogP) is 3.33. The van der Waals surface area contributed by atoms with E-state index in [-0.39, 0.29) is 17.4 Å². The number of nitrogens with two attached hydrogens (primary N) is 1. The van der Waals surface area contributed by atoms with E-state index in [2.05, 4.69) is 32.6 Å². The van der Waals surface area contributed by atoms with Gasteiger partial charge in [-0.2, -0.15) is 0 Å². The van der Waals surface area contributed by atoms with Crippen LogP contribution < -0.4 is 5.73 Å². The lowest BCUT2D eigenvalue weighted by molar-refractivity contribution is -0.125. The minimum atomic E-state index is -0.583. The molecular formula is C19H30N2O. The highest BCUT2D eigenvalue weighted by atomic mass is 16.1. The third-order valence-electron chi connectivity index (χ3n) is 5.56. The lowest BCUT2D eigenvalue weighted by atomic mass is 9.68. The van der Waals surface area contributed by atoms with E-state index in [1.54, 1.807) is 0 Å². The largest absolute Gasteiger partial charge is 0.369 e. The van der Waals surface area contributed by atoms with Crippen molar-refractivity contribution in [3.63, 3.8) is 0 Å². The Hall–Kier alpha value is -1.35. The fourth-order valence-electron chi connectivity index (χ4n) is 3.94. The van der Waals surface area contributed by atoms with E-state index in [4.69, 9.17) is 5.73 Å². The monoisotopic (exact) mass is 302 g/mol. The van der Waals surface area contributed by atoms with Gasteiger partial charge in [-0.15, -0.1) is 0 Å². The Balaban J connectivity index is 2.28. The molecule has 3 heteroatoms. The highest BCUT2D eigenvalue weighted by molar-refractivity contribution is 5.87. The number of primary amides is 1. The first-order valence-electron chi connectivity index (χ1n) is 8.41. The van der Waals surface area contributed by atoms with Crippen LogP contribution in [0.5, 0.6) is 0 Å². The summed E-state index contributed by atoms with van der Waals surface area (Å²) < 4.78 is 0. The minimum absolute atomic E-state index is 0.179. The molecule has 1 aromatic carbocycles. The predicted molar refractivity (Wildman–Crippen MR) is 91.7 cm³/mol. The molecule has 1 saturated heterocycles. The maximum Gasteiger partial charge on any atom is 0.228 e. The van der Waals surface area contributed by atoms with Gasteiger partial charge in [0.05, 0.1) is 5.41 Å². The average molecular weight is 302 g/mol. The summed E-state index contributed by atoms with van der Waals surface area (Å²) in [5.74, 6) is -0.0242. The molecular weight excluding hydrogens is 272 g/mol. The highest BCUT2D eigenvalue weighted by Gasteiger charge is 2.43. The number of amides is 1. The first-order valence-corrected chi connectivity index (χ1v) is 8.41. The quantitative estimate of drug-likeness (QED) is 0.876. The van der Waals surface area contributed by atoms with E-state index in [1.165, 1.54) is 12.8 Å². The summed E-state index contributed by atoms with van der Waals surface area (Å²) in [6, 6.07) is 10.1. The average Bonchev–Trinajstić information content (AvgIpc) is 2.79. The third kappa shape index (κ3) is 3.05. The second-order valence-electron chi connectivity index (χ2n) is 7.51. The summed E-state index contributed by atoms with van der Waals surface area (Å²) in [5, 5.41) is 0. The van der Waals surface area contributed by atoms with Gasteiger partial charge in [0.1, 0.15) is 0 Å². The van der Waals surface area contributed by atoms with Crippen LogP contribution in [0.3, 0.4) is 0 Å². The van der Waals surface area contributed by atoms with E-state index in [0.717, 1.165) is 25.1 Å². The molecule has 0 bridgehead atoms. The number of carbonyl (C=O) groups excluding carboxylic acids is 1. The number of benzene rings is 1. The lowest BCUT2D eigenvalue weighted by Crippen LogP contribution is -2.49. The Morgan fingerprint density at radius 3 is 2.41 bits per heavy atom. The van der Waals surface area contributed by atoms with Gasteiger partial charge in [-0.3, -0.25) is 9.69 Å². The van der Waals surface area contributed by atoms with Gasteiger partial charge in [-0.1, -0.05) is 44.2 Å². The zero-order valence-electron chi connectivity index (χ0n) is 14.4. The van der Waals surface area contributed by atoms with Crippen LogP contribution in [0.1, 0.15) is 52.5 Å². The maximum absolute atomic E-state index is 12.4. The first kappa shape index (κ1) is 17.0. The molecule has 0 radical (unpaired) electrons. The van der Waals surface area contributed by atoms with Gasteiger partial charge in [0.2, 0.25) is 5.91 Å². The van der Waals surface area contributed by atoms with Crippen LogP contribution in [0.25, 0.3) is 0 Å². The lowest BCUT2D eigenvalue weighted by Gasteiger charge is -2.39. The van der Waals surface area contributed by atoms with Crippen LogP contribution in [-0.2, 0) is 10.2 Å². The molecule has 2 N–H and O–H groups in total. The Labute approximate surface area is 134 Å². The van der Waals surface area contributed by atoms with Gasteiger partial charge in [0, 0.05) is 12.1 Å². The van der Waals surface area contributed by atoms with E-state index < -0.39 is 5.41 Å². The van der Waals surface area contributed by atoms with Crippen molar-refractivity contribution in [2.45, 2.75) is 57.9 Å². The minimum Gasteiger partial charge on any atom is -0.369 e. The molecule has 0 saturated carbocycles. The number of nitrogens with zero attached hydrogens (tertiary/aromatic N) is 1. The van der Waals surface area contributed by atoms with Crippen molar-refractivity contribution in [3.8, 4) is 0 Å². The number of likely N-dealkylation sites (tertiary alicyclic amines) is 1. The normalized spacial score (nSPS) is 21.0. The number of carbonyl (C=O) groups is 1. The van der Waals surface area contributed by atoms with Gasteiger partial charge < -0.3 is 5.73 Å². The maximum atomic E-state index is 12.4. The smallest absolute Gasteiger partial charge is 0.228 e. The molecule has 1 amide bonds. The zero-order valence-corrected chi connectivity index (χ0v) is 14.4. The molecule has 22 heavy (non-hydrogen) atoms. The van der Waals surface area contributed by atoms with Crippen molar-refractivity contribution in [1.82, 2.24) is 4.90 Å². The fraction of sp³-hybridized carbons (Fsp3) is 0.632. The van der Waals surface area contributed by atoms with Crippen LogP contribution in [-0.4, -0.2) is 29.4 Å². The molecule has 2 rings (SSSR count). The zero-order chi connectivity index (χ0) is 16.4. The molecule has 1 aromatic rings. The van der Waals surface area contributed by atoms with Gasteiger partial charge >= 0.3 is 0 Å². The molecule has 1 unspecified atom stereocenters. The van der Waals surface area contributed by atoms with E-state index in [0.29, 0.717) is 0 Å². The second-order valence-corrected chi connectivity index (χ2v) is 7.51. The summed E-state index contributed by atoms with van der Waals surface area (Å²) in [7, 11) is 0. The van der Waals surface area contributed by atoms with E-state index in [9.17, 15) is 4.79 Å². The fourth-order valence-corrected chi connectivity index (χ4v) is 3.94. The van der Waals surface area contributed by atoms with Crippen molar-refractivity contribution in [1.29, 1.82) is 0 Å². The van der Waals surface area contributed by atoms with Crippen LogP contribution >= 0.6 is 0 Å². The van der Waals surface area contributed by atoms with Crippen LogP contribution in [0.4, 0.5) is 0 Å². The van der Waals surface area contributed by atoms with Crippen LogP contribution in [0, 0.1) is 5.92 Å². The van der Waals surface area contributed by atoms with Crippen molar-refractivity contribution >= 4 is 5.91 Å². The highest BCUT2D eigenvalue weighted by Crippen LogP contribution is 2.38. The summed E-state index contributed by atoms with van der Waals surface area (Å²) in [5.41, 5.74) is 6.60. The van der Waals surface area contributed by atoms with Crippen molar-refractivity contribution in [2.75, 3.05) is 13.1 Å². The Bertz CT molecular complexity index is 509. The molecule has 122 valence electrons. The van der Waals surface area contributed by atoms with Gasteiger partial charge in [0.25, 0.3) is 0 Å². The number of rotatable bonds is 6. The third-order valence-corrected chi connectivity index (χ3v) is 5.56. The van der Waals surface area contributed by atoms with Crippen LogP contribution in [0.15, 0.2) is 30.3 Å². The molecule has 0 aromatic heterocycles. The standard InChI is InChI=1S/C19H30N2O/c1-15(2)19(17(20)22,16-9-6-5-7-10-16)12-14-21-13-8-11-18(21,3)4/h5-7,9-10,15H,8,11-14H2,1-4H3,(H2,20,22). The second kappa shape index (κ2) is 6.41. The number of hydrogen-bond donors (Lipinski definition) is 1. The topological polar surface area (TPSA) is 46.3 Å². The molecule has 0 aliphatic carbocycles. The molecule has 1 heterocycles. The SMILES string of the molecule is CC(C)C(CCN1CCCC1(C)C)(C(N)=O)c1ccccc1. The van der Waals surface area contributed by atoms with Crippen molar-refractivity contribution in [2.24, 2.45) is 11.7 Å². The number of hydrogen-bond acceptors (Lipinski definition) is 2. The van der Waals surface area contributed by atoms with Crippen LogP contribution in [0.2, 0.25) is 0 Å². The van der Waals surface area contributed by atoms with Crippen molar-refractivity contribution in [3.05, 3.63) is 35.9 Å². The Morgan fingerprint density at radius 1 is 1.32 bits per heavy atom. The summed E-state index contributed by atoms with van der Waals surface area (Å²) in [6.45, 7) is 10.8. The first-order chi connectivity index (χ1) is 10.3. The molecule has 1 atom stereocenters. The van der Waals surface area contributed by atoms with E-state index >= 15 is 0 Å². The summed E-state index contributed by atoms with van der Waals surface area (Å²) >= 11 is 0. The molecule has 3 nitrogen and oxygen atoms in total. The molecule has 0 spiro atoms. The van der Waals surface area contributed by atoms with Gasteiger partial charge in [0.15, 0.2) is 0 Å². The van der Waals surface area contributed by atoms with Crippen molar-refractivity contribution < 1.29 is 4.79 Å². The molecule has 1 fully saturated rings. The Morgan fingerprint density at radius 2 is 1.95 bits per heavy atom. The summed E-state index contributed by atoms with van der Waals surface area (Å²) in [4.78, 5) is 14.9. The van der Waals surface area contributed by atoms with Gasteiger partial charge in [-0.05, 0) is 51.1 Å². The van der Waals surface area contributed by atoms with Gasteiger partial charge in [-0.25, -0.2) is 0 Å². The summed E-state index contributed by atoms with van der Waals surface area (Å²) in [6.07, 6.45) is 3.25. The molecule has 1 aliphatic heterocycles. The van der Waals surface area contributed by atoms with E-state index in [1.807, 2.05) is 30.3 Å². The Kier molecular flexibility index (Phi) is 4.96. The molecule has 1 aliphatic rings.